The molecule has 0 bridgehead atoms. The van der Waals surface area contributed by atoms with Gasteiger partial charge in [-0.05, 0) is 18.2 Å². The van der Waals surface area contributed by atoms with Crippen LogP contribution in [0.15, 0.2) is 30.7 Å². The van der Waals surface area contributed by atoms with Crippen molar-refractivity contribution in [2.75, 3.05) is 0 Å². The Hall–Kier alpha value is -2.01. The maximum Gasteiger partial charge on any atom is 0.339 e. The number of carbonyl (C=O) groups is 1. The van der Waals surface area contributed by atoms with Crippen molar-refractivity contribution in [3.63, 3.8) is 0 Å². The third kappa shape index (κ3) is 2.62. The number of imidazole rings is 1. The standard InChI is InChI=1S/C12H11ClN2O3/c1-15-7-14-5-9(15)6-18-11-3-2-8(13)4-10(11)12(16)17/h2-5,7H,6H2,1H3,(H,16,17). The van der Waals surface area contributed by atoms with E-state index in [0.717, 1.165) is 5.69 Å². The van der Waals surface area contributed by atoms with Gasteiger partial charge in [-0.3, -0.25) is 0 Å². The van der Waals surface area contributed by atoms with Crippen LogP contribution >= 0.6 is 11.6 Å². The van der Waals surface area contributed by atoms with Gasteiger partial charge in [-0.2, -0.15) is 0 Å². The van der Waals surface area contributed by atoms with Crippen LogP contribution in [-0.4, -0.2) is 20.6 Å². The van der Waals surface area contributed by atoms with Crippen LogP contribution in [0.5, 0.6) is 5.75 Å². The average Bonchev–Trinajstić information content (AvgIpc) is 2.73. The molecule has 1 N–H and O–H groups in total. The van der Waals surface area contributed by atoms with Crippen molar-refractivity contribution >= 4 is 17.6 Å². The highest BCUT2D eigenvalue weighted by Crippen LogP contribution is 2.23. The van der Waals surface area contributed by atoms with Crippen LogP contribution in [0.2, 0.25) is 5.02 Å². The molecule has 0 unspecified atom stereocenters. The Bertz CT molecular complexity index is 580. The van der Waals surface area contributed by atoms with Crippen LogP contribution in [0, 0.1) is 0 Å². The highest BCUT2D eigenvalue weighted by atomic mass is 35.5. The van der Waals surface area contributed by atoms with Crippen LogP contribution in [0.25, 0.3) is 0 Å². The molecular formula is C12H11ClN2O3. The first-order valence-corrected chi connectivity index (χ1v) is 5.56. The summed E-state index contributed by atoms with van der Waals surface area (Å²) in [7, 11) is 1.84. The van der Waals surface area contributed by atoms with E-state index in [2.05, 4.69) is 4.98 Å². The van der Waals surface area contributed by atoms with Gasteiger partial charge in [0.15, 0.2) is 0 Å². The minimum Gasteiger partial charge on any atom is -0.486 e. The van der Waals surface area contributed by atoms with Crippen molar-refractivity contribution in [3.8, 4) is 5.75 Å². The van der Waals surface area contributed by atoms with E-state index in [0.29, 0.717) is 5.02 Å². The molecule has 6 heteroatoms. The third-order valence-electron chi connectivity index (χ3n) is 2.46. The van der Waals surface area contributed by atoms with E-state index in [1.807, 2.05) is 7.05 Å². The lowest BCUT2D eigenvalue weighted by molar-refractivity contribution is 0.0691. The summed E-state index contributed by atoms with van der Waals surface area (Å²) in [6, 6.07) is 4.50. The number of hydrogen-bond acceptors (Lipinski definition) is 3. The lowest BCUT2D eigenvalue weighted by Gasteiger charge is -2.09. The maximum absolute atomic E-state index is 11.0. The molecule has 2 aromatic rings. The predicted molar refractivity (Wildman–Crippen MR) is 66.0 cm³/mol. The summed E-state index contributed by atoms with van der Waals surface area (Å²) < 4.78 is 7.28. The Morgan fingerprint density at radius 1 is 1.56 bits per heavy atom. The summed E-state index contributed by atoms with van der Waals surface area (Å²) in [4.78, 5) is 15.0. The first-order chi connectivity index (χ1) is 8.58. The monoisotopic (exact) mass is 266 g/mol. The fourth-order valence-electron chi connectivity index (χ4n) is 1.47. The second-order valence-corrected chi connectivity index (χ2v) is 4.17. The Labute approximate surface area is 109 Å². The number of hydrogen-bond donors (Lipinski definition) is 1. The highest BCUT2D eigenvalue weighted by molar-refractivity contribution is 6.31. The molecule has 0 aliphatic rings. The smallest absolute Gasteiger partial charge is 0.339 e. The number of carboxylic acids is 1. The Morgan fingerprint density at radius 2 is 2.33 bits per heavy atom. The minimum absolute atomic E-state index is 0.0460. The quantitative estimate of drug-likeness (QED) is 0.923. The number of ether oxygens (including phenoxy) is 1. The lowest BCUT2D eigenvalue weighted by Crippen LogP contribution is -2.05. The molecule has 94 valence electrons. The zero-order valence-electron chi connectivity index (χ0n) is 9.63. The van der Waals surface area contributed by atoms with Crippen LogP contribution in [0.3, 0.4) is 0 Å². The molecular weight excluding hydrogens is 256 g/mol. The zero-order chi connectivity index (χ0) is 13.1. The molecule has 0 spiro atoms. The summed E-state index contributed by atoms with van der Waals surface area (Å²) in [5.41, 5.74) is 0.894. The van der Waals surface area contributed by atoms with Gasteiger partial charge in [-0.15, -0.1) is 0 Å². The van der Waals surface area contributed by atoms with Gasteiger partial charge in [0.25, 0.3) is 0 Å². The molecule has 0 atom stereocenters. The molecule has 0 saturated carbocycles. The topological polar surface area (TPSA) is 64.4 Å². The molecule has 0 amide bonds. The molecule has 1 aromatic heterocycles. The van der Waals surface area contributed by atoms with Gasteiger partial charge >= 0.3 is 5.97 Å². The number of carboxylic acid groups (broad SMARTS) is 1. The Morgan fingerprint density at radius 3 is 2.94 bits per heavy atom. The molecule has 0 aliphatic carbocycles. The molecule has 0 radical (unpaired) electrons. The van der Waals surface area contributed by atoms with Crippen molar-refractivity contribution in [1.82, 2.24) is 9.55 Å². The lowest BCUT2D eigenvalue weighted by atomic mass is 10.2. The Balaban J connectivity index is 2.19. The summed E-state index contributed by atoms with van der Waals surface area (Å²) in [5.74, 6) is -0.786. The van der Waals surface area contributed by atoms with E-state index in [-0.39, 0.29) is 17.9 Å². The third-order valence-corrected chi connectivity index (χ3v) is 2.70. The number of benzene rings is 1. The number of aryl methyl sites for hydroxylation is 1. The summed E-state index contributed by atoms with van der Waals surface area (Å²) in [6.07, 6.45) is 3.31. The molecule has 2 rings (SSSR count). The van der Waals surface area contributed by atoms with Gasteiger partial charge in [0.1, 0.15) is 17.9 Å². The van der Waals surface area contributed by atoms with Crippen molar-refractivity contribution in [1.29, 1.82) is 0 Å². The van der Waals surface area contributed by atoms with Crippen molar-refractivity contribution < 1.29 is 14.6 Å². The van der Waals surface area contributed by atoms with Crippen LogP contribution < -0.4 is 4.74 Å². The van der Waals surface area contributed by atoms with Gasteiger partial charge in [-0.25, -0.2) is 9.78 Å². The van der Waals surface area contributed by atoms with Gasteiger partial charge in [0.05, 0.1) is 18.2 Å². The van der Waals surface area contributed by atoms with Crippen LogP contribution in [-0.2, 0) is 13.7 Å². The van der Waals surface area contributed by atoms with Crippen LogP contribution in [0.4, 0.5) is 0 Å². The molecule has 1 heterocycles. The number of nitrogens with zero attached hydrogens (tertiary/aromatic N) is 2. The van der Waals surface area contributed by atoms with Gasteiger partial charge in [0, 0.05) is 12.1 Å². The van der Waals surface area contributed by atoms with Crippen molar-refractivity contribution in [2.24, 2.45) is 7.05 Å². The first-order valence-electron chi connectivity index (χ1n) is 5.19. The minimum atomic E-state index is -1.07. The summed E-state index contributed by atoms with van der Waals surface area (Å²) in [5, 5.41) is 9.41. The largest absolute Gasteiger partial charge is 0.486 e. The second-order valence-electron chi connectivity index (χ2n) is 3.73. The second kappa shape index (κ2) is 5.10. The summed E-state index contributed by atoms with van der Waals surface area (Å²) >= 11 is 5.75. The molecule has 18 heavy (non-hydrogen) atoms. The van der Waals surface area contributed by atoms with E-state index < -0.39 is 5.97 Å². The molecule has 0 saturated heterocycles. The maximum atomic E-state index is 11.0. The predicted octanol–water partition coefficient (Wildman–Crippen LogP) is 2.35. The van der Waals surface area contributed by atoms with Crippen molar-refractivity contribution in [3.05, 3.63) is 47.0 Å². The normalized spacial score (nSPS) is 10.3. The van der Waals surface area contributed by atoms with Crippen LogP contribution in [0.1, 0.15) is 16.1 Å². The summed E-state index contributed by atoms with van der Waals surface area (Å²) in [6.45, 7) is 0.248. The van der Waals surface area contributed by atoms with E-state index in [9.17, 15) is 4.79 Å². The first kappa shape index (κ1) is 12.4. The Kier molecular flexibility index (Phi) is 3.53. The van der Waals surface area contributed by atoms with Crippen molar-refractivity contribution in [2.45, 2.75) is 6.61 Å². The molecule has 1 aromatic carbocycles. The van der Waals surface area contributed by atoms with E-state index in [4.69, 9.17) is 21.4 Å². The molecule has 0 fully saturated rings. The number of aromatic nitrogens is 2. The van der Waals surface area contributed by atoms with E-state index in [1.165, 1.54) is 6.07 Å². The number of halogens is 1. The fourth-order valence-corrected chi connectivity index (χ4v) is 1.64. The highest BCUT2D eigenvalue weighted by Gasteiger charge is 2.12. The SMILES string of the molecule is Cn1cncc1COc1ccc(Cl)cc1C(=O)O. The van der Waals surface area contributed by atoms with Gasteiger partial charge in [0.2, 0.25) is 0 Å². The van der Waals surface area contributed by atoms with Gasteiger partial charge in [-0.1, -0.05) is 11.6 Å². The fraction of sp³-hybridized carbons (Fsp3) is 0.167. The number of aromatic carboxylic acids is 1. The van der Waals surface area contributed by atoms with E-state index in [1.54, 1.807) is 29.2 Å². The van der Waals surface area contributed by atoms with Gasteiger partial charge < -0.3 is 14.4 Å². The van der Waals surface area contributed by atoms with E-state index >= 15 is 0 Å². The average molecular weight is 267 g/mol. The number of rotatable bonds is 4. The molecule has 0 aliphatic heterocycles. The molecule has 5 nitrogen and oxygen atoms in total. The zero-order valence-corrected chi connectivity index (χ0v) is 10.4.